The lowest BCUT2D eigenvalue weighted by molar-refractivity contribution is -0.386. The summed E-state index contributed by atoms with van der Waals surface area (Å²) < 4.78 is 0. The second-order valence-electron chi connectivity index (χ2n) is 5.08. The van der Waals surface area contributed by atoms with Gasteiger partial charge in [0.05, 0.1) is 16.5 Å². The molecule has 2 heterocycles. The normalized spacial score (nSPS) is 16.8. The molecule has 8 heteroatoms. The van der Waals surface area contributed by atoms with E-state index in [4.69, 9.17) is 0 Å². The largest absolute Gasteiger partial charge is 0.345 e. The predicted octanol–water partition coefficient (Wildman–Crippen LogP) is 2.15. The standard InChI is InChI=1S/C14H13N3O4S/c18-13(8-6-11(17(20)21)14(19)15-7-8)16-10-2-1-3-12-9(10)4-5-22-12/h4-7,10H,1-3H2,(H,15,19)(H,16,18). The number of carbonyl (C=O) groups is 1. The Bertz CT molecular complexity index is 795. The summed E-state index contributed by atoms with van der Waals surface area (Å²) in [5.41, 5.74) is -0.260. The zero-order chi connectivity index (χ0) is 15.7. The number of rotatable bonds is 3. The number of nitrogens with zero attached hydrogens (tertiary/aromatic N) is 1. The monoisotopic (exact) mass is 319 g/mol. The average Bonchev–Trinajstić information content (AvgIpc) is 2.97. The molecule has 0 saturated heterocycles. The number of H-pyrrole nitrogens is 1. The van der Waals surface area contributed by atoms with Crippen molar-refractivity contribution in [1.29, 1.82) is 0 Å². The van der Waals surface area contributed by atoms with Crippen molar-refractivity contribution in [3.63, 3.8) is 0 Å². The van der Waals surface area contributed by atoms with Gasteiger partial charge in [-0.2, -0.15) is 0 Å². The molecule has 114 valence electrons. The third-order valence-electron chi connectivity index (χ3n) is 3.70. The number of fused-ring (bicyclic) bond motifs is 1. The van der Waals surface area contributed by atoms with Gasteiger partial charge in [0.25, 0.3) is 5.91 Å². The van der Waals surface area contributed by atoms with E-state index in [0.29, 0.717) is 0 Å². The molecule has 1 aliphatic rings. The second kappa shape index (κ2) is 5.72. The highest BCUT2D eigenvalue weighted by Gasteiger charge is 2.24. The van der Waals surface area contributed by atoms with Crippen molar-refractivity contribution in [3.05, 3.63) is 60.2 Å². The smallest absolute Gasteiger partial charge is 0.334 e. The van der Waals surface area contributed by atoms with Gasteiger partial charge in [0.2, 0.25) is 0 Å². The Morgan fingerprint density at radius 1 is 1.50 bits per heavy atom. The van der Waals surface area contributed by atoms with E-state index in [2.05, 4.69) is 10.3 Å². The number of aryl methyl sites for hydroxylation is 1. The Kier molecular flexibility index (Phi) is 3.76. The third kappa shape index (κ3) is 2.64. The third-order valence-corrected chi connectivity index (χ3v) is 4.70. The van der Waals surface area contributed by atoms with Gasteiger partial charge in [-0.05, 0) is 36.3 Å². The minimum atomic E-state index is -0.820. The Morgan fingerprint density at radius 2 is 2.32 bits per heavy atom. The molecule has 2 N–H and O–H groups in total. The molecule has 1 aliphatic carbocycles. The summed E-state index contributed by atoms with van der Waals surface area (Å²) in [6.45, 7) is 0. The zero-order valence-electron chi connectivity index (χ0n) is 11.5. The van der Waals surface area contributed by atoms with Gasteiger partial charge in [0, 0.05) is 17.1 Å². The van der Waals surface area contributed by atoms with Crippen molar-refractivity contribution in [2.24, 2.45) is 0 Å². The number of aromatic nitrogens is 1. The van der Waals surface area contributed by atoms with E-state index in [9.17, 15) is 19.7 Å². The summed E-state index contributed by atoms with van der Waals surface area (Å²) in [5.74, 6) is -0.427. The van der Waals surface area contributed by atoms with Crippen molar-refractivity contribution in [3.8, 4) is 0 Å². The lowest BCUT2D eigenvalue weighted by Crippen LogP contribution is -2.31. The maximum Gasteiger partial charge on any atom is 0.334 e. The number of hydrogen-bond donors (Lipinski definition) is 2. The molecule has 1 unspecified atom stereocenters. The Balaban J connectivity index is 1.83. The Hall–Kier alpha value is -2.48. The lowest BCUT2D eigenvalue weighted by Gasteiger charge is -2.23. The Morgan fingerprint density at radius 3 is 3.09 bits per heavy atom. The minimum absolute atomic E-state index is 0.0775. The van der Waals surface area contributed by atoms with Crippen LogP contribution in [0.15, 0.2) is 28.5 Å². The molecule has 0 aromatic carbocycles. The maximum atomic E-state index is 12.3. The van der Waals surface area contributed by atoms with Crippen LogP contribution in [0, 0.1) is 10.1 Å². The van der Waals surface area contributed by atoms with Gasteiger partial charge >= 0.3 is 11.2 Å². The fourth-order valence-corrected chi connectivity index (χ4v) is 3.60. The predicted molar refractivity (Wildman–Crippen MR) is 81.2 cm³/mol. The fourth-order valence-electron chi connectivity index (χ4n) is 2.62. The van der Waals surface area contributed by atoms with Crippen LogP contribution < -0.4 is 10.9 Å². The van der Waals surface area contributed by atoms with E-state index in [1.165, 1.54) is 11.1 Å². The summed E-state index contributed by atoms with van der Waals surface area (Å²) >= 11 is 1.67. The number of carbonyl (C=O) groups excluding carboxylic acids is 1. The minimum Gasteiger partial charge on any atom is -0.345 e. The van der Waals surface area contributed by atoms with Gasteiger partial charge in [0.15, 0.2) is 0 Å². The van der Waals surface area contributed by atoms with Gasteiger partial charge in [-0.1, -0.05) is 0 Å². The van der Waals surface area contributed by atoms with Crippen LogP contribution in [0.2, 0.25) is 0 Å². The molecule has 3 rings (SSSR count). The van der Waals surface area contributed by atoms with Crippen LogP contribution in [-0.2, 0) is 6.42 Å². The molecule has 0 spiro atoms. The van der Waals surface area contributed by atoms with Crippen LogP contribution in [0.5, 0.6) is 0 Å². The van der Waals surface area contributed by atoms with Crippen LogP contribution in [0.4, 0.5) is 5.69 Å². The number of thiophene rings is 1. The van der Waals surface area contributed by atoms with E-state index in [-0.39, 0.29) is 11.6 Å². The first-order valence-corrected chi connectivity index (χ1v) is 7.68. The molecule has 0 radical (unpaired) electrons. The molecule has 2 aromatic heterocycles. The first kappa shape index (κ1) is 14.5. The van der Waals surface area contributed by atoms with Crippen molar-refractivity contribution >= 4 is 22.9 Å². The molecule has 0 fully saturated rings. The first-order valence-electron chi connectivity index (χ1n) is 6.80. The van der Waals surface area contributed by atoms with E-state index in [0.717, 1.165) is 30.9 Å². The fraction of sp³-hybridized carbons (Fsp3) is 0.286. The quantitative estimate of drug-likeness (QED) is 0.668. The van der Waals surface area contributed by atoms with E-state index >= 15 is 0 Å². The molecule has 1 atom stereocenters. The lowest BCUT2D eigenvalue weighted by atomic mass is 9.94. The van der Waals surface area contributed by atoms with Crippen LogP contribution >= 0.6 is 11.3 Å². The molecule has 0 saturated carbocycles. The number of nitro groups is 1. The maximum absolute atomic E-state index is 12.3. The molecular weight excluding hydrogens is 306 g/mol. The number of aromatic amines is 1. The number of hydrogen-bond acceptors (Lipinski definition) is 5. The van der Waals surface area contributed by atoms with Gasteiger partial charge in [0.1, 0.15) is 0 Å². The summed E-state index contributed by atoms with van der Waals surface area (Å²) in [5, 5.41) is 15.7. The Labute approximate surface area is 129 Å². The van der Waals surface area contributed by atoms with Crippen molar-refractivity contribution < 1.29 is 9.72 Å². The molecule has 22 heavy (non-hydrogen) atoms. The van der Waals surface area contributed by atoms with E-state index in [1.807, 2.05) is 11.4 Å². The SMILES string of the molecule is O=C(NC1CCCc2sccc21)c1c[nH]c(=O)c([N+](=O)[O-])c1. The highest BCUT2D eigenvalue weighted by Crippen LogP contribution is 2.33. The molecular formula is C14H13N3O4S. The zero-order valence-corrected chi connectivity index (χ0v) is 12.3. The summed E-state index contributed by atoms with van der Waals surface area (Å²) in [6, 6.07) is 2.92. The van der Waals surface area contributed by atoms with Crippen molar-refractivity contribution in [2.45, 2.75) is 25.3 Å². The topological polar surface area (TPSA) is 105 Å². The van der Waals surface area contributed by atoms with Crippen LogP contribution in [-0.4, -0.2) is 15.8 Å². The highest BCUT2D eigenvalue weighted by molar-refractivity contribution is 7.10. The van der Waals surface area contributed by atoms with Crippen molar-refractivity contribution in [2.75, 3.05) is 0 Å². The molecule has 1 amide bonds. The van der Waals surface area contributed by atoms with Crippen LogP contribution in [0.3, 0.4) is 0 Å². The van der Waals surface area contributed by atoms with Crippen LogP contribution in [0.25, 0.3) is 0 Å². The summed E-state index contributed by atoms with van der Waals surface area (Å²) in [6.07, 6.45) is 4.04. The average molecular weight is 319 g/mol. The number of nitrogens with one attached hydrogen (secondary N) is 2. The van der Waals surface area contributed by atoms with Crippen LogP contribution in [0.1, 0.15) is 39.7 Å². The summed E-state index contributed by atoms with van der Waals surface area (Å²) in [4.78, 5) is 37.1. The molecule has 0 bridgehead atoms. The van der Waals surface area contributed by atoms with Crippen molar-refractivity contribution in [1.82, 2.24) is 10.3 Å². The van der Waals surface area contributed by atoms with Gasteiger partial charge in [-0.3, -0.25) is 19.7 Å². The number of pyridine rings is 1. The van der Waals surface area contributed by atoms with Gasteiger partial charge in [-0.15, -0.1) is 11.3 Å². The number of amides is 1. The summed E-state index contributed by atoms with van der Waals surface area (Å²) in [7, 11) is 0. The molecule has 2 aromatic rings. The second-order valence-corrected chi connectivity index (χ2v) is 6.08. The van der Waals surface area contributed by atoms with Gasteiger partial charge < -0.3 is 10.3 Å². The molecule has 7 nitrogen and oxygen atoms in total. The molecule has 0 aliphatic heterocycles. The van der Waals surface area contributed by atoms with E-state index < -0.39 is 22.1 Å². The van der Waals surface area contributed by atoms with Gasteiger partial charge in [-0.25, -0.2) is 0 Å². The first-order chi connectivity index (χ1) is 10.6. The van der Waals surface area contributed by atoms with E-state index in [1.54, 1.807) is 11.3 Å². The highest BCUT2D eigenvalue weighted by atomic mass is 32.1.